The Balaban J connectivity index is 2.08. The molecule has 1 nitrogen and oxygen atoms in total. The molecule has 0 fully saturated rings. The Morgan fingerprint density at radius 1 is 0.800 bits per heavy atom. The third-order valence-corrected chi connectivity index (χ3v) is 3.37. The summed E-state index contributed by atoms with van der Waals surface area (Å²) in [5.74, 6) is -1.96. The topological polar surface area (TPSA) is 20.2 Å². The Labute approximate surface area is 115 Å². The van der Waals surface area contributed by atoms with Crippen LogP contribution in [0.1, 0.15) is 17.2 Å². The molecular formula is C17H12F2O. The van der Waals surface area contributed by atoms with Crippen molar-refractivity contribution in [2.24, 2.45) is 0 Å². The van der Waals surface area contributed by atoms with Crippen molar-refractivity contribution in [2.45, 2.75) is 6.10 Å². The molecular weight excluding hydrogens is 258 g/mol. The number of aliphatic hydroxyl groups is 1. The first-order chi connectivity index (χ1) is 9.66. The molecule has 0 aliphatic rings. The van der Waals surface area contributed by atoms with E-state index in [-0.39, 0.29) is 5.56 Å². The first kappa shape index (κ1) is 12.8. The maximum Gasteiger partial charge on any atom is 0.164 e. The minimum absolute atomic E-state index is 0.0553. The normalized spacial score (nSPS) is 12.6. The Morgan fingerprint density at radius 3 is 2.35 bits per heavy atom. The highest BCUT2D eigenvalue weighted by Gasteiger charge is 2.17. The molecule has 3 heteroatoms. The lowest BCUT2D eigenvalue weighted by Gasteiger charge is -2.13. The minimum atomic E-state index is -1.18. The first-order valence-corrected chi connectivity index (χ1v) is 6.27. The monoisotopic (exact) mass is 270 g/mol. The molecule has 0 spiro atoms. The van der Waals surface area contributed by atoms with E-state index in [2.05, 4.69) is 0 Å². The fourth-order valence-corrected chi connectivity index (χ4v) is 2.29. The zero-order valence-corrected chi connectivity index (χ0v) is 10.6. The number of halogens is 2. The smallest absolute Gasteiger partial charge is 0.164 e. The van der Waals surface area contributed by atoms with Crippen molar-refractivity contribution in [1.29, 1.82) is 0 Å². The van der Waals surface area contributed by atoms with E-state index in [4.69, 9.17) is 0 Å². The summed E-state index contributed by atoms with van der Waals surface area (Å²) in [7, 11) is 0. The van der Waals surface area contributed by atoms with Gasteiger partial charge in [-0.25, -0.2) is 8.78 Å². The molecule has 0 radical (unpaired) electrons. The van der Waals surface area contributed by atoms with Gasteiger partial charge in [0.25, 0.3) is 0 Å². The number of rotatable bonds is 2. The van der Waals surface area contributed by atoms with Crippen molar-refractivity contribution in [3.63, 3.8) is 0 Å². The highest BCUT2D eigenvalue weighted by atomic mass is 19.2. The van der Waals surface area contributed by atoms with E-state index in [1.54, 1.807) is 12.1 Å². The van der Waals surface area contributed by atoms with Crippen LogP contribution in [0, 0.1) is 11.6 Å². The van der Waals surface area contributed by atoms with Gasteiger partial charge in [0.05, 0.1) is 0 Å². The SMILES string of the molecule is OC(c1ccc2ccccc2c1)c1cccc(F)c1F. The summed E-state index contributed by atoms with van der Waals surface area (Å²) < 4.78 is 26.9. The van der Waals surface area contributed by atoms with Crippen molar-refractivity contribution in [2.75, 3.05) is 0 Å². The first-order valence-electron chi connectivity index (χ1n) is 6.27. The molecule has 3 aromatic carbocycles. The largest absolute Gasteiger partial charge is 0.384 e. The van der Waals surface area contributed by atoms with Crippen molar-refractivity contribution in [3.8, 4) is 0 Å². The number of hydrogen-bond donors (Lipinski definition) is 1. The van der Waals surface area contributed by atoms with Crippen molar-refractivity contribution in [1.82, 2.24) is 0 Å². The highest BCUT2D eigenvalue weighted by molar-refractivity contribution is 5.83. The molecule has 0 bridgehead atoms. The Hall–Kier alpha value is -2.26. The minimum Gasteiger partial charge on any atom is -0.384 e. The van der Waals surface area contributed by atoms with Crippen LogP contribution in [0.5, 0.6) is 0 Å². The molecule has 0 aliphatic heterocycles. The average molecular weight is 270 g/mol. The van der Waals surface area contributed by atoms with E-state index in [0.29, 0.717) is 5.56 Å². The van der Waals surface area contributed by atoms with Crippen molar-refractivity contribution < 1.29 is 13.9 Å². The van der Waals surface area contributed by atoms with Crippen LogP contribution < -0.4 is 0 Å². The third kappa shape index (κ3) is 2.17. The Bertz CT molecular complexity index is 768. The summed E-state index contributed by atoms with van der Waals surface area (Å²) in [6.45, 7) is 0. The molecule has 0 saturated heterocycles. The second-order valence-electron chi connectivity index (χ2n) is 4.65. The van der Waals surface area contributed by atoms with E-state index in [1.165, 1.54) is 12.1 Å². The van der Waals surface area contributed by atoms with Gasteiger partial charge in [-0.05, 0) is 28.5 Å². The van der Waals surface area contributed by atoms with Gasteiger partial charge in [0.1, 0.15) is 6.10 Å². The van der Waals surface area contributed by atoms with Gasteiger partial charge in [0.2, 0.25) is 0 Å². The highest BCUT2D eigenvalue weighted by Crippen LogP contribution is 2.27. The van der Waals surface area contributed by atoms with Crippen molar-refractivity contribution in [3.05, 3.63) is 83.4 Å². The molecule has 3 rings (SSSR count). The van der Waals surface area contributed by atoms with Crippen molar-refractivity contribution >= 4 is 10.8 Å². The summed E-state index contributed by atoms with van der Waals surface area (Å²) in [5, 5.41) is 12.2. The molecule has 0 saturated carbocycles. The van der Waals surface area contributed by atoms with Crippen LogP contribution in [0.15, 0.2) is 60.7 Å². The van der Waals surface area contributed by atoms with Crippen LogP contribution in [0.25, 0.3) is 10.8 Å². The standard InChI is InChI=1S/C17H12F2O/c18-15-7-3-6-14(16(15)19)17(20)13-9-8-11-4-1-2-5-12(11)10-13/h1-10,17,20H. The van der Waals surface area contributed by atoms with Crippen LogP contribution in [-0.2, 0) is 0 Å². The van der Waals surface area contributed by atoms with E-state index in [0.717, 1.165) is 16.8 Å². The molecule has 1 atom stereocenters. The lowest BCUT2D eigenvalue weighted by Crippen LogP contribution is -2.04. The van der Waals surface area contributed by atoms with Gasteiger partial charge in [-0.1, -0.05) is 48.5 Å². The molecule has 0 heterocycles. The number of hydrogen-bond acceptors (Lipinski definition) is 1. The van der Waals surface area contributed by atoms with Crippen LogP contribution in [0.2, 0.25) is 0 Å². The van der Waals surface area contributed by atoms with Gasteiger partial charge in [-0.2, -0.15) is 0 Å². The summed E-state index contributed by atoms with van der Waals surface area (Å²) >= 11 is 0. The van der Waals surface area contributed by atoms with Gasteiger partial charge in [-0.3, -0.25) is 0 Å². The molecule has 0 aromatic heterocycles. The molecule has 0 amide bonds. The molecule has 100 valence electrons. The molecule has 20 heavy (non-hydrogen) atoms. The molecule has 1 N–H and O–H groups in total. The van der Waals surface area contributed by atoms with E-state index >= 15 is 0 Å². The maximum atomic E-state index is 13.7. The van der Waals surface area contributed by atoms with Crippen LogP contribution in [-0.4, -0.2) is 5.11 Å². The predicted octanol–water partition coefficient (Wildman–Crippen LogP) is 4.20. The van der Waals surface area contributed by atoms with E-state index in [9.17, 15) is 13.9 Å². The average Bonchev–Trinajstić information content (AvgIpc) is 2.49. The zero-order valence-electron chi connectivity index (χ0n) is 10.6. The third-order valence-electron chi connectivity index (χ3n) is 3.37. The summed E-state index contributed by atoms with van der Waals surface area (Å²) in [6.07, 6.45) is -1.18. The van der Waals surface area contributed by atoms with Gasteiger partial charge in [0.15, 0.2) is 11.6 Å². The fourth-order valence-electron chi connectivity index (χ4n) is 2.29. The second kappa shape index (κ2) is 5.02. The second-order valence-corrected chi connectivity index (χ2v) is 4.65. The Kier molecular flexibility index (Phi) is 3.20. The summed E-state index contributed by atoms with van der Waals surface area (Å²) in [5.41, 5.74) is 0.480. The molecule has 0 aliphatic carbocycles. The number of aliphatic hydroxyl groups excluding tert-OH is 1. The molecule has 3 aromatic rings. The summed E-state index contributed by atoms with van der Waals surface area (Å²) in [4.78, 5) is 0. The van der Waals surface area contributed by atoms with Gasteiger partial charge in [-0.15, -0.1) is 0 Å². The van der Waals surface area contributed by atoms with Gasteiger partial charge >= 0.3 is 0 Å². The van der Waals surface area contributed by atoms with Crippen LogP contribution in [0.3, 0.4) is 0 Å². The quantitative estimate of drug-likeness (QED) is 0.740. The number of benzene rings is 3. The van der Waals surface area contributed by atoms with E-state index < -0.39 is 17.7 Å². The fraction of sp³-hybridized carbons (Fsp3) is 0.0588. The summed E-state index contributed by atoms with van der Waals surface area (Å²) in [6, 6.07) is 16.8. The molecule has 1 unspecified atom stereocenters. The van der Waals surface area contributed by atoms with Gasteiger partial charge < -0.3 is 5.11 Å². The number of fused-ring (bicyclic) bond motifs is 1. The lowest BCUT2D eigenvalue weighted by molar-refractivity contribution is 0.213. The zero-order chi connectivity index (χ0) is 14.1. The van der Waals surface area contributed by atoms with Gasteiger partial charge in [0, 0.05) is 5.56 Å². The van der Waals surface area contributed by atoms with Crippen LogP contribution in [0.4, 0.5) is 8.78 Å². The van der Waals surface area contributed by atoms with Crippen LogP contribution >= 0.6 is 0 Å². The Morgan fingerprint density at radius 2 is 1.55 bits per heavy atom. The lowest BCUT2D eigenvalue weighted by atomic mass is 9.98. The van der Waals surface area contributed by atoms with E-state index in [1.807, 2.05) is 30.3 Å². The predicted molar refractivity (Wildman–Crippen MR) is 74.4 cm³/mol. The maximum absolute atomic E-state index is 13.7.